The second-order valence-electron chi connectivity index (χ2n) is 8.13. The summed E-state index contributed by atoms with van der Waals surface area (Å²) < 4.78 is 38.3. The van der Waals surface area contributed by atoms with E-state index in [1.54, 1.807) is 30.6 Å². The molecule has 1 aliphatic carbocycles. The lowest BCUT2D eigenvalue weighted by atomic mass is 9.97. The third kappa shape index (κ3) is 3.47. The summed E-state index contributed by atoms with van der Waals surface area (Å²) in [5.41, 5.74) is 0.186. The zero-order valence-corrected chi connectivity index (χ0v) is 17.1. The van der Waals surface area contributed by atoms with Crippen LogP contribution in [0.15, 0.2) is 49.1 Å². The molecule has 2 bridgehead atoms. The molecule has 2 aliphatic rings. The van der Waals surface area contributed by atoms with Gasteiger partial charge in [0.1, 0.15) is 0 Å². The van der Waals surface area contributed by atoms with Crippen LogP contribution in [-0.2, 0) is 6.18 Å². The number of rotatable bonds is 4. The van der Waals surface area contributed by atoms with Crippen LogP contribution in [0, 0.1) is 5.92 Å². The molecular formula is C21H20F3N7O. The molecule has 32 heavy (non-hydrogen) atoms. The van der Waals surface area contributed by atoms with Crippen LogP contribution in [0.25, 0.3) is 5.69 Å². The van der Waals surface area contributed by atoms with Gasteiger partial charge in [0.25, 0.3) is 5.91 Å². The molecule has 1 aliphatic heterocycles. The Hall–Kier alpha value is -3.50. The zero-order chi connectivity index (χ0) is 22.5. The molecule has 1 saturated carbocycles. The molecule has 3 heterocycles. The van der Waals surface area contributed by atoms with Crippen molar-refractivity contribution in [2.24, 2.45) is 5.92 Å². The highest BCUT2D eigenvalue weighted by Gasteiger charge is 2.51. The molecule has 8 nitrogen and oxygen atoms in total. The number of carbonyl (C=O) groups is 1. The van der Waals surface area contributed by atoms with Crippen LogP contribution >= 0.6 is 0 Å². The van der Waals surface area contributed by atoms with Crippen molar-refractivity contribution in [3.8, 4) is 5.69 Å². The van der Waals surface area contributed by atoms with Gasteiger partial charge in [-0.1, -0.05) is 12.1 Å². The molecular weight excluding hydrogens is 423 g/mol. The normalized spacial score (nSPS) is 24.7. The number of amides is 1. The van der Waals surface area contributed by atoms with Gasteiger partial charge in [-0.25, -0.2) is 9.97 Å². The molecule has 0 spiro atoms. The molecule has 1 saturated heterocycles. The Morgan fingerprint density at radius 2 is 1.78 bits per heavy atom. The number of halogens is 3. The minimum atomic E-state index is -4.49. The molecule has 3 aromatic rings. The molecule has 166 valence electrons. The lowest BCUT2D eigenvalue weighted by Crippen LogP contribution is -2.51. The fourth-order valence-corrected chi connectivity index (χ4v) is 4.80. The van der Waals surface area contributed by atoms with Crippen LogP contribution in [0.5, 0.6) is 0 Å². The monoisotopic (exact) mass is 443 g/mol. The van der Waals surface area contributed by atoms with E-state index < -0.39 is 11.7 Å². The average Bonchev–Trinajstić information content (AvgIpc) is 3.50. The molecule has 1 amide bonds. The highest BCUT2D eigenvalue weighted by atomic mass is 19.4. The number of likely N-dealkylation sites (tertiary alicyclic amines) is 1. The quantitative estimate of drug-likeness (QED) is 0.666. The summed E-state index contributed by atoms with van der Waals surface area (Å²) >= 11 is 0. The Morgan fingerprint density at radius 3 is 2.44 bits per heavy atom. The van der Waals surface area contributed by atoms with Gasteiger partial charge >= 0.3 is 6.18 Å². The number of fused-ring (bicyclic) bond motifs is 2. The van der Waals surface area contributed by atoms with Crippen LogP contribution in [0.1, 0.15) is 35.7 Å². The number of nitrogens with zero attached hydrogens (tertiary/aromatic N) is 6. The first-order valence-electron chi connectivity index (χ1n) is 10.3. The number of hydrogen-bond donors (Lipinski definition) is 1. The topological polar surface area (TPSA) is 88.8 Å². The molecule has 11 heteroatoms. The summed E-state index contributed by atoms with van der Waals surface area (Å²) in [4.78, 5) is 24.5. The summed E-state index contributed by atoms with van der Waals surface area (Å²) in [5, 5.41) is 11.4. The SMILES string of the molecule is C[C@@H]1[C@H]2C[C@@H](Nc3ncc(C(F)(F)F)cn3)[C@H](C2)N1C(=O)c1ccccc1-n1nccn1. The minimum Gasteiger partial charge on any atom is -0.349 e. The minimum absolute atomic E-state index is 0.0395. The molecule has 2 fully saturated rings. The number of nitrogens with one attached hydrogen (secondary N) is 1. The first-order chi connectivity index (χ1) is 15.3. The molecule has 0 radical (unpaired) electrons. The first kappa shape index (κ1) is 20.4. The lowest BCUT2D eigenvalue weighted by molar-refractivity contribution is -0.138. The fourth-order valence-electron chi connectivity index (χ4n) is 4.80. The molecule has 2 aromatic heterocycles. The van der Waals surface area contributed by atoms with Gasteiger partial charge in [-0.05, 0) is 37.8 Å². The largest absolute Gasteiger partial charge is 0.419 e. The number of aromatic nitrogens is 5. The number of anilines is 1. The molecule has 5 rings (SSSR count). The standard InChI is InChI=1S/C21H20F3N7O/c1-12-13-8-16(29-20-25-10-14(11-26-20)21(22,23)24)18(9-13)30(12)19(32)15-4-2-3-5-17(15)31-27-6-7-28-31/h2-7,10-13,16,18H,8-9H2,1H3,(H,25,26,29)/t12-,13+,16-,18+/m1/s1. The predicted molar refractivity (Wildman–Crippen MR) is 108 cm³/mol. The highest BCUT2D eigenvalue weighted by Crippen LogP contribution is 2.44. The molecule has 4 atom stereocenters. The average molecular weight is 443 g/mol. The number of carbonyl (C=O) groups excluding carboxylic acids is 1. The third-order valence-corrected chi connectivity index (χ3v) is 6.34. The van der Waals surface area contributed by atoms with Crippen LogP contribution < -0.4 is 5.32 Å². The van der Waals surface area contributed by atoms with E-state index in [4.69, 9.17) is 0 Å². The van der Waals surface area contributed by atoms with E-state index in [1.165, 1.54) is 4.80 Å². The van der Waals surface area contributed by atoms with Gasteiger partial charge in [0, 0.05) is 24.5 Å². The van der Waals surface area contributed by atoms with E-state index in [0.29, 0.717) is 11.3 Å². The van der Waals surface area contributed by atoms with E-state index in [9.17, 15) is 18.0 Å². The van der Waals surface area contributed by atoms with E-state index in [-0.39, 0.29) is 35.9 Å². The van der Waals surface area contributed by atoms with Crippen LogP contribution in [0.3, 0.4) is 0 Å². The maximum atomic E-state index is 13.6. The van der Waals surface area contributed by atoms with Gasteiger partial charge in [0.15, 0.2) is 0 Å². The van der Waals surface area contributed by atoms with Gasteiger partial charge in [-0.2, -0.15) is 28.2 Å². The van der Waals surface area contributed by atoms with E-state index in [0.717, 1.165) is 25.2 Å². The Labute approximate surface area is 181 Å². The lowest BCUT2D eigenvalue weighted by Gasteiger charge is -2.38. The maximum Gasteiger partial charge on any atom is 0.419 e. The smallest absolute Gasteiger partial charge is 0.349 e. The van der Waals surface area contributed by atoms with Crippen molar-refractivity contribution in [2.75, 3.05) is 5.32 Å². The van der Waals surface area contributed by atoms with E-state index in [1.807, 2.05) is 17.9 Å². The zero-order valence-electron chi connectivity index (χ0n) is 17.1. The Bertz CT molecular complexity index is 1120. The van der Waals surface area contributed by atoms with Crippen molar-refractivity contribution in [1.82, 2.24) is 29.9 Å². The van der Waals surface area contributed by atoms with Gasteiger partial charge in [0.2, 0.25) is 5.95 Å². The number of alkyl halides is 3. The number of benzene rings is 1. The van der Waals surface area contributed by atoms with Crippen molar-refractivity contribution in [3.63, 3.8) is 0 Å². The van der Waals surface area contributed by atoms with Gasteiger partial charge < -0.3 is 10.2 Å². The second-order valence-corrected chi connectivity index (χ2v) is 8.13. The van der Waals surface area contributed by atoms with Crippen LogP contribution in [-0.4, -0.2) is 53.9 Å². The summed E-state index contributed by atoms with van der Waals surface area (Å²) in [6.45, 7) is 2.03. The van der Waals surface area contributed by atoms with E-state index in [2.05, 4.69) is 25.5 Å². The van der Waals surface area contributed by atoms with Crippen molar-refractivity contribution in [1.29, 1.82) is 0 Å². The van der Waals surface area contributed by atoms with Crippen LogP contribution in [0.2, 0.25) is 0 Å². The molecule has 0 unspecified atom stereocenters. The number of piperidine rings is 1. The fraction of sp³-hybridized carbons (Fsp3) is 0.381. The number of para-hydroxylation sites is 1. The second kappa shape index (κ2) is 7.57. The highest BCUT2D eigenvalue weighted by molar-refractivity contribution is 5.98. The predicted octanol–water partition coefficient (Wildman–Crippen LogP) is 3.18. The summed E-state index contributed by atoms with van der Waals surface area (Å²) in [6.07, 6.45) is 1.75. The van der Waals surface area contributed by atoms with Gasteiger partial charge in [-0.3, -0.25) is 4.79 Å². The summed E-state index contributed by atoms with van der Waals surface area (Å²) in [6, 6.07) is 6.93. The molecule has 1 aromatic carbocycles. The Balaban J connectivity index is 1.38. The van der Waals surface area contributed by atoms with E-state index >= 15 is 0 Å². The van der Waals surface area contributed by atoms with Crippen molar-refractivity contribution in [3.05, 3.63) is 60.2 Å². The summed E-state index contributed by atoms with van der Waals surface area (Å²) in [7, 11) is 0. The molecule has 1 N–H and O–H groups in total. The first-order valence-corrected chi connectivity index (χ1v) is 10.3. The summed E-state index contributed by atoms with van der Waals surface area (Å²) in [5.74, 6) is 0.278. The van der Waals surface area contributed by atoms with Crippen molar-refractivity contribution < 1.29 is 18.0 Å². The van der Waals surface area contributed by atoms with Crippen molar-refractivity contribution >= 4 is 11.9 Å². The third-order valence-electron chi connectivity index (χ3n) is 6.34. The van der Waals surface area contributed by atoms with Gasteiger partial charge in [0.05, 0.1) is 35.2 Å². The van der Waals surface area contributed by atoms with Crippen molar-refractivity contribution in [2.45, 2.75) is 44.1 Å². The Kier molecular flexibility index (Phi) is 4.83. The van der Waals surface area contributed by atoms with Gasteiger partial charge in [-0.15, -0.1) is 0 Å². The van der Waals surface area contributed by atoms with Crippen LogP contribution in [0.4, 0.5) is 19.1 Å². The Morgan fingerprint density at radius 1 is 1.09 bits per heavy atom. The number of hydrogen-bond acceptors (Lipinski definition) is 6. The maximum absolute atomic E-state index is 13.6.